The Morgan fingerprint density at radius 2 is 0.286 bits per heavy atom. The topological polar surface area (TPSA) is 0 Å². The lowest BCUT2D eigenvalue weighted by Gasteiger charge is -2.22. The van der Waals surface area contributed by atoms with Crippen LogP contribution in [0, 0.1) is 0 Å². The Kier molecular flexibility index (Phi) is 18.8. The highest BCUT2D eigenvalue weighted by Gasteiger charge is 2.26. The molecule has 0 aliphatic heterocycles. The quantitative estimate of drug-likeness (QED) is 0.0998. The van der Waals surface area contributed by atoms with E-state index in [0.717, 1.165) is 0 Å². The molecule has 0 heteroatoms. The second-order valence-electron chi connectivity index (χ2n) is 37.8. The molecule has 0 saturated carbocycles. The SMILES string of the molecule is c1ccc(-c2c3ccccc3c(-c3ccc4ccccc4c3)c3ccc(-c4ccc5ccccc5c4)cc23)cc1.c1ccc2cc(-c3ccc4c(-c5ccc6ccc7cccc8ccc5c6c78)c5ccccc5c(-c5ccc6ccc7cccc8ccc5c6c78)c4c3)ccc2c1.c1ccc2cc(-c3ccc4c(-c5cccc6ccccc56)c5ccccc5c(-c5ccc6ccccc6c5)c4c3)ccc2c1. The summed E-state index contributed by atoms with van der Waals surface area (Å²) in [6.45, 7) is 0. The van der Waals surface area contributed by atoms with Crippen LogP contribution < -0.4 is 0 Å². The van der Waals surface area contributed by atoms with Crippen LogP contribution in [0.4, 0.5) is 0 Å². The molecule has 30 aromatic carbocycles. The van der Waals surface area contributed by atoms with Crippen LogP contribution in [0.5, 0.6) is 0 Å². The van der Waals surface area contributed by atoms with Crippen molar-refractivity contribution in [3.8, 4) is 100 Å². The third kappa shape index (κ3) is 13.3. The Morgan fingerprint density at radius 1 is 0.0786 bits per heavy atom. The van der Waals surface area contributed by atoms with E-state index >= 15 is 0 Å². The van der Waals surface area contributed by atoms with E-state index in [4.69, 9.17) is 0 Å². The second kappa shape index (κ2) is 32.8. The van der Waals surface area contributed by atoms with Crippen molar-refractivity contribution >= 4 is 194 Å². The first kappa shape index (κ1) is 80.3. The summed E-state index contributed by atoms with van der Waals surface area (Å²) in [7, 11) is 0. The molecule has 0 nitrogen and oxygen atoms in total. The number of benzene rings is 30. The summed E-state index contributed by atoms with van der Waals surface area (Å²) in [4.78, 5) is 0. The number of hydrogen-bond donors (Lipinski definition) is 0. The molecule has 0 heterocycles. The molecular formula is C140H86. The number of hydrogen-bond acceptors (Lipinski definition) is 0. The van der Waals surface area contributed by atoms with Gasteiger partial charge < -0.3 is 0 Å². The fourth-order valence-corrected chi connectivity index (χ4v) is 23.6. The number of fused-ring (bicyclic) bond motifs is 12. The normalized spacial score (nSPS) is 11.9. The fraction of sp³-hybridized carbons (Fsp3) is 0. The predicted molar refractivity (Wildman–Crippen MR) is 606 cm³/mol. The summed E-state index contributed by atoms with van der Waals surface area (Å²) in [6.07, 6.45) is 0. The van der Waals surface area contributed by atoms with E-state index in [9.17, 15) is 0 Å². The van der Waals surface area contributed by atoms with Crippen molar-refractivity contribution in [1.29, 1.82) is 0 Å². The van der Waals surface area contributed by atoms with Gasteiger partial charge in [0.25, 0.3) is 0 Å². The molecular weight excluding hydrogens is 1680 g/mol. The van der Waals surface area contributed by atoms with Crippen molar-refractivity contribution < 1.29 is 0 Å². The summed E-state index contributed by atoms with van der Waals surface area (Å²) in [5, 5.41) is 46.1. The van der Waals surface area contributed by atoms with Crippen LogP contribution in [-0.4, -0.2) is 0 Å². The van der Waals surface area contributed by atoms with Gasteiger partial charge in [-0.1, -0.05) is 473 Å². The smallest absolute Gasteiger partial charge is 0.00199 e. The molecule has 30 rings (SSSR count). The molecule has 0 fully saturated rings. The van der Waals surface area contributed by atoms with E-state index in [-0.39, 0.29) is 0 Å². The maximum atomic E-state index is 2.47. The summed E-state index contributed by atoms with van der Waals surface area (Å²) < 4.78 is 0. The first-order valence-electron chi connectivity index (χ1n) is 48.7. The summed E-state index contributed by atoms with van der Waals surface area (Å²) >= 11 is 0. The molecule has 0 aliphatic rings. The minimum Gasteiger partial charge on any atom is -0.0622 e. The van der Waals surface area contributed by atoms with Gasteiger partial charge in [0.05, 0.1) is 0 Å². The molecule has 0 radical (unpaired) electrons. The van der Waals surface area contributed by atoms with Gasteiger partial charge in [-0.25, -0.2) is 0 Å². The highest BCUT2D eigenvalue weighted by atomic mass is 14.3. The van der Waals surface area contributed by atoms with Crippen molar-refractivity contribution in [2.45, 2.75) is 0 Å². The lowest BCUT2D eigenvalue weighted by molar-refractivity contribution is 1.65. The van der Waals surface area contributed by atoms with Crippen LogP contribution >= 0.6 is 0 Å². The zero-order chi connectivity index (χ0) is 92.0. The van der Waals surface area contributed by atoms with Gasteiger partial charge in [0.1, 0.15) is 0 Å². The van der Waals surface area contributed by atoms with E-state index in [2.05, 4.69) is 522 Å². The van der Waals surface area contributed by atoms with Gasteiger partial charge >= 0.3 is 0 Å². The first-order valence-corrected chi connectivity index (χ1v) is 48.7. The maximum absolute atomic E-state index is 2.47. The van der Waals surface area contributed by atoms with Crippen molar-refractivity contribution in [3.63, 3.8) is 0 Å². The van der Waals surface area contributed by atoms with E-state index in [1.165, 1.54) is 294 Å². The Bertz CT molecular complexity index is 10300. The molecule has 0 aliphatic carbocycles. The highest BCUT2D eigenvalue weighted by molar-refractivity contribution is 6.34. The van der Waals surface area contributed by atoms with Gasteiger partial charge in [-0.05, 0) is 343 Å². The summed E-state index contributed by atoms with van der Waals surface area (Å²) in [5.41, 5.74) is 22.7. The lowest BCUT2D eigenvalue weighted by Crippen LogP contribution is -1.94. The zero-order valence-electron chi connectivity index (χ0n) is 76.7. The van der Waals surface area contributed by atoms with Gasteiger partial charge in [0.15, 0.2) is 0 Å². The van der Waals surface area contributed by atoms with Crippen LogP contribution in [0.1, 0.15) is 0 Å². The van der Waals surface area contributed by atoms with Crippen molar-refractivity contribution in [3.05, 3.63) is 522 Å². The fourth-order valence-electron chi connectivity index (χ4n) is 23.6. The van der Waals surface area contributed by atoms with E-state index in [0.29, 0.717) is 0 Å². The van der Waals surface area contributed by atoms with Crippen LogP contribution in [-0.2, 0) is 0 Å². The molecule has 0 unspecified atom stereocenters. The summed E-state index contributed by atoms with van der Waals surface area (Å²) in [6, 6.07) is 193. The van der Waals surface area contributed by atoms with E-state index in [1.807, 2.05) is 0 Å². The van der Waals surface area contributed by atoms with Gasteiger partial charge in [-0.2, -0.15) is 0 Å². The molecule has 0 amide bonds. The minimum absolute atomic E-state index is 1.22. The van der Waals surface area contributed by atoms with E-state index < -0.39 is 0 Å². The van der Waals surface area contributed by atoms with Gasteiger partial charge in [-0.15, -0.1) is 0 Å². The van der Waals surface area contributed by atoms with Crippen molar-refractivity contribution in [2.24, 2.45) is 0 Å². The van der Waals surface area contributed by atoms with Gasteiger partial charge in [0.2, 0.25) is 0 Å². The first-order chi connectivity index (χ1) is 69.4. The molecule has 140 heavy (non-hydrogen) atoms. The standard InChI is InChI=1S/C56H32.C44H28.C40H26/c1-2-8-40-31-41(20-15-33(40)7-1)42-25-30-49-50(32-42)56(48-29-24-39-19-17-35-10-6-12-37-22-27-46(48)54(39)52(35)37)44-14-4-3-13-43(44)55(49)47-28-23-38-18-16-34-9-5-11-36-21-26-45(47)53(38)51(34)36;1-3-13-32-26-34(22-20-29(32)10-1)35-24-25-41-42(28-35)43(36-23-21-30-11-2-4-14-33(30)27-36)39-17-7-8-18-40(39)44(41)38-19-9-15-31-12-5-6-16-37(31)38;1-2-12-29(13-3-1)39-35-16-8-9-17-36(35)40(34-21-19-28-11-5-7-15-31(28)25-34)37-23-22-33(26-38(37)39)32-20-18-27-10-4-6-14-30(27)24-32/h1-32H;1-28H;1-26H. The largest absolute Gasteiger partial charge is 0.0622 e. The average Bonchev–Trinajstić information content (AvgIpc) is 0.712. The Labute approximate surface area is 809 Å². The van der Waals surface area contributed by atoms with E-state index in [1.54, 1.807) is 0 Å². The van der Waals surface area contributed by atoms with Gasteiger partial charge in [0, 0.05) is 0 Å². The molecule has 0 atom stereocenters. The Balaban J connectivity index is 0.000000105. The Hall–Kier alpha value is -18.2. The van der Waals surface area contributed by atoms with Crippen molar-refractivity contribution in [1.82, 2.24) is 0 Å². The third-order valence-electron chi connectivity index (χ3n) is 30.1. The molecule has 0 bridgehead atoms. The predicted octanol–water partition coefficient (Wildman–Crippen LogP) is 39.7. The Morgan fingerprint density at radius 3 is 0.671 bits per heavy atom. The molecule has 0 N–H and O–H groups in total. The molecule has 646 valence electrons. The molecule has 0 aromatic heterocycles. The minimum atomic E-state index is 1.22. The van der Waals surface area contributed by atoms with Crippen LogP contribution in [0.3, 0.4) is 0 Å². The lowest BCUT2D eigenvalue weighted by atomic mass is 9.81. The van der Waals surface area contributed by atoms with Crippen molar-refractivity contribution in [2.75, 3.05) is 0 Å². The molecule has 0 saturated heterocycles. The highest BCUT2D eigenvalue weighted by Crippen LogP contribution is 2.54. The third-order valence-corrected chi connectivity index (χ3v) is 30.1. The monoisotopic (exact) mass is 1770 g/mol. The summed E-state index contributed by atoms with van der Waals surface area (Å²) in [5.74, 6) is 0. The molecule has 0 spiro atoms. The van der Waals surface area contributed by atoms with Crippen LogP contribution in [0.25, 0.3) is 294 Å². The molecule has 30 aromatic rings. The number of rotatable bonds is 9. The van der Waals surface area contributed by atoms with Crippen LogP contribution in [0.15, 0.2) is 522 Å². The van der Waals surface area contributed by atoms with Crippen LogP contribution in [0.2, 0.25) is 0 Å². The maximum Gasteiger partial charge on any atom is -0.00199 e. The van der Waals surface area contributed by atoms with Gasteiger partial charge in [-0.3, -0.25) is 0 Å². The zero-order valence-corrected chi connectivity index (χ0v) is 76.7. The second-order valence-corrected chi connectivity index (χ2v) is 37.8. The average molecular weight is 1770 g/mol.